The molecule has 98 valence electrons. The zero-order valence-electron chi connectivity index (χ0n) is 10.1. The Hall–Kier alpha value is -2.18. The van der Waals surface area contributed by atoms with Crippen molar-refractivity contribution in [1.29, 1.82) is 0 Å². The summed E-state index contributed by atoms with van der Waals surface area (Å²) in [5.41, 5.74) is -2.72. The van der Waals surface area contributed by atoms with Crippen LogP contribution in [0.4, 0.5) is 0 Å². The minimum Gasteiger partial charge on any atom is -0.501 e. The highest BCUT2D eigenvalue weighted by atomic mass is 16.6. The first-order valence-corrected chi connectivity index (χ1v) is 5.02. The average Bonchev–Trinajstić information content (AvgIpc) is 2.49. The van der Waals surface area contributed by atoms with Crippen molar-refractivity contribution in [3.05, 3.63) is 11.3 Å². The number of hydrogen-bond donors (Lipinski definition) is 1. The molecule has 1 atom stereocenters. The van der Waals surface area contributed by atoms with Gasteiger partial charge in [-0.3, -0.25) is 9.59 Å². The fourth-order valence-electron chi connectivity index (χ4n) is 1.86. The summed E-state index contributed by atoms with van der Waals surface area (Å²) in [6, 6.07) is 0. The van der Waals surface area contributed by atoms with Crippen molar-refractivity contribution in [3.8, 4) is 0 Å². The smallest absolute Gasteiger partial charge is 0.375 e. The first kappa shape index (κ1) is 13.9. The molecule has 0 spiro atoms. The molecule has 1 aliphatic rings. The Morgan fingerprint density at radius 3 is 2.28 bits per heavy atom. The van der Waals surface area contributed by atoms with Gasteiger partial charge in [-0.15, -0.1) is 0 Å². The first-order valence-electron chi connectivity index (χ1n) is 5.02. The van der Waals surface area contributed by atoms with E-state index >= 15 is 0 Å². The molecule has 0 aliphatic carbocycles. The van der Waals surface area contributed by atoms with Gasteiger partial charge in [0.2, 0.25) is 11.4 Å². The fraction of sp³-hybridized carbons (Fsp3) is 0.455. The minimum absolute atomic E-state index is 0.498. The summed E-state index contributed by atoms with van der Waals surface area (Å²) >= 11 is 0. The number of cyclic esters (lactones) is 1. The summed E-state index contributed by atoms with van der Waals surface area (Å²) < 4.78 is 9.17. The molecule has 0 aromatic heterocycles. The van der Waals surface area contributed by atoms with Crippen LogP contribution >= 0.6 is 0 Å². The third-order valence-electron chi connectivity index (χ3n) is 2.47. The molecule has 0 amide bonds. The summed E-state index contributed by atoms with van der Waals surface area (Å²) in [6.45, 7) is 2.21. The first-order chi connectivity index (χ1) is 8.26. The van der Waals surface area contributed by atoms with Crippen molar-refractivity contribution in [2.45, 2.75) is 25.9 Å². The van der Waals surface area contributed by atoms with Crippen LogP contribution in [0.2, 0.25) is 0 Å². The quantitative estimate of drug-likeness (QED) is 0.696. The number of methoxy groups -OCH3 is 1. The van der Waals surface area contributed by atoms with Crippen molar-refractivity contribution in [1.82, 2.24) is 0 Å². The molecule has 1 rings (SSSR count). The maximum Gasteiger partial charge on any atom is 0.375 e. The monoisotopic (exact) mass is 256 g/mol. The van der Waals surface area contributed by atoms with Gasteiger partial charge in [0.25, 0.3) is 0 Å². The summed E-state index contributed by atoms with van der Waals surface area (Å²) in [6.07, 6.45) is -0.565. The average molecular weight is 256 g/mol. The normalized spacial score (nSPS) is 22.7. The third-order valence-corrected chi connectivity index (χ3v) is 2.47. The van der Waals surface area contributed by atoms with E-state index in [-0.39, 0.29) is 0 Å². The van der Waals surface area contributed by atoms with E-state index in [1.807, 2.05) is 0 Å². The Morgan fingerprint density at radius 1 is 1.33 bits per heavy atom. The lowest BCUT2D eigenvalue weighted by Gasteiger charge is -2.25. The number of rotatable bonds is 4. The molecule has 7 nitrogen and oxygen atoms in total. The molecule has 1 aliphatic heterocycles. The minimum atomic E-state index is -2.17. The molecule has 1 N–H and O–H groups in total. The van der Waals surface area contributed by atoms with E-state index in [1.54, 1.807) is 0 Å². The van der Waals surface area contributed by atoms with Crippen LogP contribution in [0.3, 0.4) is 0 Å². The third kappa shape index (κ3) is 1.99. The van der Waals surface area contributed by atoms with Gasteiger partial charge in [-0.25, -0.2) is 9.59 Å². The van der Waals surface area contributed by atoms with Crippen molar-refractivity contribution in [2.75, 3.05) is 7.11 Å². The van der Waals surface area contributed by atoms with Crippen LogP contribution < -0.4 is 0 Å². The van der Waals surface area contributed by atoms with Crippen LogP contribution in [0, 0.1) is 0 Å². The van der Waals surface area contributed by atoms with Gasteiger partial charge < -0.3 is 14.6 Å². The van der Waals surface area contributed by atoms with Crippen LogP contribution in [-0.2, 0) is 28.7 Å². The predicted molar refractivity (Wildman–Crippen MR) is 56.5 cm³/mol. The summed E-state index contributed by atoms with van der Waals surface area (Å²) in [4.78, 5) is 45.7. The van der Waals surface area contributed by atoms with E-state index in [9.17, 15) is 24.3 Å². The molecule has 0 aromatic carbocycles. The van der Waals surface area contributed by atoms with Crippen LogP contribution in [0.1, 0.15) is 20.3 Å². The summed E-state index contributed by atoms with van der Waals surface area (Å²) in [5, 5.41) is 9.49. The molecule has 0 saturated carbocycles. The van der Waals surface area contributed by atoms with E-state index in [1.165, 1.54) is 0 Å². The van der Waals surface area contributed by atoms with Gasteiger partial charge in [-0.1, -0.05) is 0 Å². The topological polar surface area (TPSA) is 107 Å². The highest BCUT2D eigenvalue weighted by Crippen LogP contribution is 2.36. The molecule has 18 heavy (non-hydrogen) atoms. The van der Waals surface area contributed by atoms with E-state index in [0.29, 0.717) is 0 Å². The standard InChI is InChI=1S/C11H12O7/c1-5(12)4-11(10(16)17-3)7(6(2)13)8(14)9(15)18-11/h14H,4H2,1-3H3/t11-/m1/s1. The van der Waals surface area contributed by atoms with Gasteiger partial charge >= 0.3 is 11.9 Å². The van der Waals surface area contributed by atoms with Crippen LogP contribution in [-0.4, -0.2) is 41.3 Å². The molecule has 0 radical (unpaired) electrons. The second-order valence-electron chi connectivity index (χ2n) is 3.87. The highest BCUT2D eigenvalue weighted by Gasteiger charge is 2.57. The molecule has 0 aromatic rings. The number of Topliss-reactive ketones (excluding diaryl/α,β-unsaturated/α-hetero) is 2. The molecule has 0 bridgehead atoms. The van der Waals surface area contributed by atoms with Crippen LogP contribution in [0.25, 0.3) is 0 Å². The zero-order chi connectivity index (χ0) is 14.1. The molecule has 0 saturated heterocycles. The Labute approximate surface area is 102 Å². The Balaban J connectivity index is 3.44. The number of esters is 2. The van der Waals surface area contributed by atoms with Crippen LogP contribution in [0.5, 0.6) is 0 Å². The molecule has 0 fully saturated rings. The Morgan fingerprint density at radius 2 is 1.89 bits per heavy atom. The molecule has 7 heteroatoms. The zero-order valence-corrected chi connectivity index (χ0v) is 10.1. The summed E-state index contributed by atoms with van der Waals surface area (Å²) in [7, 11) is 1.02. The number of carbonyl (C=O) groups excluding carboxylic acids is 4. The molecular formula is C11H12O7. The lowest BCUT2D eigenvalue weighted by molar-refractivity contribution is -0.172. The Kier molecular flexibility index (Phi) is 3.54. The number of aliphatic hydroxyl groups is 1. The largest absolute Gasteiger partial charge is 0.501 e. The second kappa shape index (κ2) is 4.59. The maximum atomic E-state index is 11.7. The van der Waals surface area contributed by atoms with Gasteiger partial charge in [0, 0.05) is 0 Å². The van der Waals surface area contributed by atoms with Crippen molar-refractivity contribution in [2.24, 2.45) is 0 Å². The number of hydrogen-bond acceptors (Lipinski definition) is 7. The van der Waals surface area contributed by atoms with Gasteiger partial charge in [-0.05, 0) is 13.8 Å². The second-order valence-corrected chi connectivity index (χ2v) is 3.87. The van der Waals surface area contributed by atoms with E-state index in [0.717, 1.165) is 21.0 Å². The van der Waals surface area contributed by atoms with Gasteiger partial charge in [0.1, 0.15) is 5.78 Å². The number of ketones is 2. The number of ether oxygens (including phenoxy) is 2. The molecular weight excluding hydrogens is 244 g/mol. The SMILES string of the molecule is COC(=O)[C@]1(CC(C)=O)OC(=O)C(O)=C1C(C)=O. The Bertz CT molecular complexity index is 474. The van der Waals surface area contributed by atoms with Crippen molar-refractivity contribution >= 4 is 23.5 Å². The van der Waals surface area contributed by atoms with Gasteiger partial charge in [-0.2, -0.15) is 0 Å². The van der Waals surface area contributed by atoms with Crippen molar-refractivity contribution < 1.29 is 33.8 Å². The van der Waals surface area contributed by atoms with Gasteiger partial charge in [0.15, 0.2) is 5.78 Å². The van der Waals surface area contributed by atoms with Crippen LogP contribution in [0.15, 0.2) is 11.3 Å². The molecule has 1 heterocycles. The van der Waals surface area contributed by atoms with E-state index in [2.05, 4.69) is 4.74 Å². The maximum absolute atomic E-state index is 11.7. The lowest BCUT2D eigenvalue weighted by Crippen LogP contribution is -2.45. The lowest BCUT2D eigenvalue weighted by atomic mass is 9.87. The summed E-state index contributed by atoms with van der Waals surface area (Å²) in [5.74, 6) is -4.52. The molecule has 0 unspecified atom stereocenters. The van der Waals surface area contributed by atoms with E-state index < -0.39 is 46.9 Å². The highest BCUT2D eigenvalue weighted by molar-refractivity contribution is 6.13. The fourth-order valence-corrected chi connectivity index (χ4v) is 1.86. The van der Waals surface area contributed by atoms with E-state index in [4.69, 9.17) is 4.74 Å². The van der Waals surface area contributed by atoms with Crippen molar-refractivity contribution in [3.63, 3.8) is 0 Å². The number of aliphatic hydroxyl groups excluding tert-OH is 1. The number of carbonyl (C=O) groups is 4. The van der Waals surface area contributed by atoms with Gasteiger partial charge in [0.05, 0.1) is 19.1 Å². The predicted octanol–water partition coefficient (Wildman–Crippen LogP) is -0.165.